The molecule has 0 unspecified atom stereocenters. The highest BCUT2D eigenvalue weighted by atomic mass is 16.5. The molecule has 0 atom stereocenters. The average molecular weight is 140 g/mol. The van der Waals surface area contributed by atoms with Gasteiger partial charge in [-0.15, -0.1) is 0 Å². The van der Waals surface area contributed by atoms with Gasteiger partial charge in [0.2, 0.25) is 0 Å². The van der Waals surface area contributed by atoms with Crippen LogP contribution < -0.4 is 0 Å². The second-order valence-electron chi connectivity index (χ2n) is 2.88. The summed E-state index contributed by atoms with van der Waals surface area (Å²) in [7, 11) is 0. The van der Waals surface area contributed by atoms with E-state index in [0.717, 1.165) is 19.3 Å². The van der Waals surface area contributed by atoms with E-state index in [2.05, 4.69) is 0 Å². The van der Waals surface area contributed by atoms with E-state index in [1.165, 1.54) is 0 Å². The molecule has 0 N–H and O–H groups in total. The van der Waals surface area contributed by atoms with E-state index in [1.807, 2.05) is 6.07 Å². The minimum absolute atomic E-state index is 0.139. The first-order valence-electron chi connectivity index (χ1n) is 3.71. The zero-order chi connectivity index (χ0) is 7.45. The number of nitrogens with zero attached hydrogens (tertiary/aromatic N) is 2. The molecule has 1 heterocycles. The molecule has 1 saturated heterocycles. The molecule has 3 heteroatoms. The Kier molecular flexibility index (Phi) is 2.25. The van der Waals surface area contributed by atoms with Gasteiger partial charge in [0.25, 0.3) is 0 Å². The standard InChI is InChI=1S/C7H12N2O/c8-4-7-9(10)5-2-1-3-6-9/h1-3,5-7H2. The third-order valence-electron chi connectivity index (χ3n) is 1.99. The second kappa shape index (κ2) is 3.00. The quantitative estimate of drug-likeness (QED) is 0.310. The highest BCUT2D eigenvalue weighted by Gasteiger charge is 2.19. The summed E-state index contributed by atoms with van der Waals surface area (Å²) in [6.07, 6.45) is 3.14. The molecule has 1 aliphatic heterocycles. The van der Waals surface area contributed by atoms with Crippen LogP contribution in [-0.4, -0.2) is 24.3 Å². The van der Waals surface area contributed by atoms with Gasteiger partial charge >= 0.3 is 0 Å². The van der Waals surface area contributed by atoms with E-state index in [9.17, 15) is 5.21 Å². The van der Waals surface area contributed by atoms with Crippen molar-refractivity contribution in [2.24, 2.45) is 0 Å². The van der Waals surface area contributed by atoms with Gasteiger partial charge in [0, 0.05) is 0 Å². The molecular formula is C7H12N2O. The molecule has 56 valence electrons. The Bertz CT molecular complexity index is 144. The van der Waals surface area contributed by atoms with Gasteiger partial charge in [0.1, 0.15) is 6.07 Å². The molecule has 1 aliphatic rings. The predicted octanol–water partition coefficient (Wildman–Crippen LogP) is 1.01. The summed E-state index contributed by atoms with van der Waals surface area (Å²) in [4.78, 5) is 0. The number of piperidine rings is 1. The van der Waals surface area contributed by atoms with Crippen molar-refractivity contribution >= 4 is 0 Å². The first-order valence-corrected chi connectivity index (χ1v) is 3.71. The molecular weight excluding hydrogens is 128 g/mol. The summed E-state index contributed by atoms with van der Waals surface area (Å²) in [6, 6.07) is 1.94. The lowest BCUT2D eigenvalue weighted by Crippen LogP contribution is -2.46. The topological polar surface area (TPSA) is 46.8 Å². The fourth-order valence-electron chi connectivity index (χ4n) is 1.38. The summed E-state index contributed by atoms with van der Waals surface area (Å²) in [5, 5.41) is 19.8. The summed E-state index contributed by atoms with van der Waals surface area (Å²) in [5.74, 6) is 0. The maximum atomic E-state index is 11.4. The van der Waals surface area contributed by atoms with Gasteiger partial charge in [0.15, 0.2) is 6.54 Å². The number of nitriles is 1. The number of hydrogen-bond acceptors (Lipinski definition) is 2. The minimum Gasteiger partial charge on any atom is -0.632 e. The average Bonchev–Trinajstić information content (AvgIpc) is 1.89. The van der Waals surface area contributed by atoms with Crippen molar-refractivity contribution in [2.75, 3.05) is 19.6 Å². The van der Waals surface area contributed by atoms with Gasteiger partial charge < -0.3 is 9.85 Å². The van der Waals surface area contributed by atoms with Crippen LogP contribution in [0.2, 0.25) is 0 Å². The number of hydroxylamine groups is 3. The van der Waals surface area contributed by atoms with Crippen LogP contribution >= 0.6 is 0 Å². The summed E-state index contributed by atoms with van der Waals surface area (Å²) >= 11 is 0. The second-order valence-corrected chi connectivity index (χ2v) is 2.88. The lowest BCUT2D eigenvalue weighted by atomic mass is 10.1. The minimum atomic E-state index is -0.267. The highest BCUT2D eigenvalue weighted by molar-refractivity contribution is 4.70. The highest BCUT2D eigenvalue weighted by Crippen LogP contribution is 2.15. The maximum Gasteiger partial charge on any atom is 0.166 e. The number of likely N-dealkylation sites (tertiary alicyclic amines) is 1. The SMILES string of the molecule is N#CC[N+]1([O-])CCCCC1. The summed E-state index contributed by atoms with van der Waals surface area (Å²) < 4.78 is -0.267. The van der Waals surface area contributed by atoms with E-state index in [0.29, 0.717) is 13.1 Å². The Balaban J connectivity index is 2.42. The van der Waals surface area contributed by atoms with Gasteiger partial charge in [0.05, 0.1) is 13.1 Å². The molecule has 0 aromatic rings. The molecule has 0 aromatic carbocycles. The molecule has 3 nitrogen and oxygen atoms in total. The zero-order valence-corrected chi connectivity index (χ0v) is 6.05. The van der Waals surface area contributed by atoms with Crippen molar-refractivity contribution in [3.8, 4) is 6.07 Å². The van der Waals surface area contributed by atoms with Gasteiger partial charge in [-0.3, -0.25) is 0 Å². The van der Waals surface area contributed by atoms with Crippen molar-refractivity contribution in [1.82, 2.24) is 0 Å². The predicted molar refractivity (Wildman–Crippen MR) is 37.7 cm³/mol. The molecule has 0 bridgehead atoms. The molecule has 0 aromatic heterocycles. The van der Waals surface area contributed by atoms with Crippen molar-refractivity contribution in [3.05, 3.63) is 5.21 Å². The Morgan fingerprint density at radius 3 is 2.40 bits per heavy atom. The first-order chi connectivity index (χ1) is 4.77. The Morgan fingerprint density at radius 2 is 1.90 bits per heavy atom. The molecule has 0 radical (unpaired) electrons. The van der Waals surface area contributed by atoms with Crippen LogP contribution in [0.4, 0.5) is 0 Å². The number of rotatable bonds is 1. The number of hydrogen-bond donors (Lipinski definition) is 0. The number of quaternary nitrogens is 1. The fraction of sp³-hybridized carbons (Fsp3) is 0.857. The van der Waals surface area contributed by atoms with Gasteiger partial charge in [-0.1, -0.05) is 0 Å². The van der Waals surface area contributed by atoms with E-state index < -0.39 is 0 Å². The van der Waals surface area contributed by atoms with Crippen molar-refractivity contribution in [2.45, 2.75) is 19.3 Å². The third-order valence-corrected chi connectivity index (χ3v) is 1.99. The molecule has 0 amide bonds. The van der Waals surface area contributed by atoms with Gasteiger partial charge in [-0.05, 0) is 19.3 Å². The lowest BCUT2D eigenvalue weighted by Gasteiger charge is -2.43. The Morgan fingerprint density at radius 1 is 1.30 bits per heavy atom. The third kappa shape index (κ3) is 1.69. The maximum absolute atomic E-state index is 11.4. The van der Waals surface area contributed by atoms with Gasteiger partial charge in [-0.2, -0.15) is 5.26 Å². The summed E-state index contributed by atoms with van der Waals surface area (Å²) in [6.45, 7) is 1.43. The van der Waals surface area contributed by atoms with Crippen molar-refractivity contribution < 1.29 is 4.65 Å². The van der Waals surface area contributed by atoms with Gasteiger partial charge in [-0.25, -0.2) is 0 Å². The van der Waals surface area contributed by atoms with Crippen molar-refractivity contribution in [1.29, 1.82) is 5.26 Å². The van der Waals surface area contributed by atoms with E-state index in [1.54, 1.807) is 0 Å². The monoisotopic (exact) mass is 140 g/mol. The largest absolute Gasteiger partial charge is 0.632 e. The smallest absolute Gasteiger partial charge is 0.166 e. The molecule has 0 aliphatic carbocycles. The molecule has 0 spiro atoms. The molecule has 0 saturated carbocycles. The van der Waals surface area contributed by atoms with Crippen LogP contribution in [0.25, 0.3) is 0 Å². The summed E-state index contributed by atoms with van der Waals surface area (Å²) in [5.41, 5.74) is 0. The van der Waals surface area contributed by atoms with Crippen LogP contribution in [-0.2, 0) is 0 Å². The van der Waals surface area contributed by atoms with Crippen molar-refractivity contribution in [3.63, 3.8) is 0 Å². The van der Waals surface area contributed by atoms with Crippen LogP contribution in [0.3, 0.4) is 0 Å². The first kappa shape index (κ1) is 7.52. The Labute approximate surface area is 61.0 Å². The molecule has 10 heavy (non-hydrogen) atoms. The van der Waals surface area contributed by atoms with E-state index in [4.69, 9.17) is 5.26 Å². The fourth-order valence-corrected chi connectivity index (χ4v) is 1.38. The normalized spacial score (nSPS) is 23.6. The Hall–Kier alpha value is -0.590. The van der Waals surface area contributed by atoms with Crippen LogP contribution in [0.15, 0.2) is 0 Å². The van der Waals surface area contributed by atoms with E-state index in [-0.39, 0.29) is 11.2 Å². The zero-order valence-electron chi connectivity index (χ0n) is 6.05. The molecule has 1 fully saturated rings. The van der Waals surface area contributed by atoms with Crippen LogP contribution in [0.1, 0.15) is 19.3 Å². The molecule has 1 rings (SSSR count). The van der Waals surface area contributed by atoms with Crippen LogP contribution in [0, 0.1) is 16.5 Å². The van der Waals surface area contributed by atoms with E-state index >= 15 is 0 Å². The lowest BCUT2D eigenvalue weighted by molar-refractivity contribution is -0.878. The van der Waals surface area contributed by atoms with Crippen LogP contribution in [0.5, 0.6) is 0 Å².